The molecule has 0 spiro atoms. The fourth-order valence-electron chi connectivity index (χ4n) is 4.88. The molecule has 2 aromatic heterocycles. The van der Waals surface area contributed by atoms with Gasteiger partial charge in [0.25, 0.3) is 11.8 Å². The zero-order valence-electron chi connectivity index (χ0n) is 24.3. The largest absolute Gasteiger partial charge is 0.434 e. The SMILES string of the molecule is Cc1c(C(=O)Nc2cccc(S(C)(=O)=NC(=O)C(C)O)c2)c(N2CCCC(F)(F)CC2)nc(C(F)(F)F)c1-c1cnn(C)c1. The molecule has 0 aliphatic carbocycles. The lowest BCUT2D eigenvalue weighted by atomic mass is 9.95. The molecule has 2 atom stereocenters. The van der Waals surface area contributed by atoms with Gasteiger partial charge in [-0.15, -0.1) is 0 Å². The summed E-state index contributed by atoms with van der Waals surface area (Å²) >= 11 is 0. The van der Waals surface area contributed by atoms with Crippen LogP contribution in [0.1, 0.15) is 47.8 Å². The molecule has 1 aliphatic heterocycles. The number of hydrogen-bond acceptors (Lipinski definition) is 7. The van der Waals surface area contributed by atoms with E-state index in [0.717, 1.165) is 0 Å². The lowest BCUT2D eigenvalue weighted by Crippen LogP contribution is -2.31. The zero-order valence-corrected chi connectivity index (χ0v) is 25.1. The van der Waals surface area contributed by atoms with Crippen LogP contribution < -0.4 is 10.2 Å². The fraction of sp³-hybridized carbons (Fsp3) is 0.429. The molecule has 3 aromatic rings. The maximum Gasteiger partial charge on any atom is 0.434 e. The molecule has 0 radical (unpaired) electrons. The number of hydrogen-bond donors (Lipinski definition) is 2. The normalized spacial score (nSPS) is 17.4. The standard InChI is InChI=1S/C28H31F5N6O4S/c1-16-21(18-14-34-38(3)15-18)23(28(31,32)33)36-24(39-11-6-9-27(29,30)10-12-39)22(16)26(42)35-19-7-5-8-20(13-19)44(4,43)37-25(41)17(2)40/h5,7-8,13-15,17,40H,6,9-12H2,1-4H3,(H,35,42). The van der Waals surface area contributed by atoms with E-state index in [0.29, 0.717) is 0 Å². The average molecular weight is 643 g/mol. The van der Waals surface area contributed by atoms with E-state index >= 15 is 0 Å². The predicted molar refractivity (Wildman–Crippen MR) is 153 cm³/mol. The summed E-state index contributed by atoms with van der Waals surface area (Å²) < 4.78 is 89.8. The minimum atomic E-state index is -4.96. The summed E-state index contributed by atoms with van der Waals surface area (Å²) in [5.41, 5.74) is -1.93. The molecule has 4 rings (SSSR count). The molecule has 2 N–H and O–H groups in total. The Morgan fingerprint density at radius 2 is 1.91 bits per heavy atom. The molecule has 2 amide bonds. The molecule has 10 nitrogen and oxygen atoms in total. The molecule has 1 aromatic carbocycles. The third-order valence-electron chi connectivity index (χ3n) is 7.09. The van der Waals surface area contributed by atoms with Crippen LogP contribution in [0.25, 0.3) is 11.1 Å². The molecule has 1 saturated heterocycles. The number of nitrogens with one attached hydrogen (secondary N) is 1. The summed E-state index contributed by atoms with van der Waals surface area (Å²) in [6, 6.07) is 5.52. The van der Waals surface area contributed by atoms with Crippen LogP contribution in [-0.2, 0) is 27.7 Å². The van der Waals surface area contributed by atoms with Gasteiger partial charge in [0.05, 0.1) is 21.5 Å². The quantitative estimate of drug-likeness (QED) is 0.360. The van der Waals surface area contributed by atoms with Gasteiger partial charge in [0, 0.05) is 67.1 Å². The van der Waals surface area contributed by atoms with Crippen LogP contribution in [-0.4, -0.2) is 67.3 Å². The van der Waals surface area contributed by atoms with E-state index in [4.69, 9.17) is 0 Å². The Hall–Kier alpha value is -3.92. The predicted octanol–water partition coefficient (Wildman–Crippen LogP) is 5.05. The van der Waals surface area contributed by atoms with Crippen molar-refractivity contribution in [2.24, 2.45) is 11.4 Å². The van der Waals surface area contributed by atoms with E-state index in [1.807, 2.05) is 0 Å². The number of aliphatic hydroxyl groups is 1. The van der Waals surface area contributed by atoms with Gasteiger partial charge in [0.2, 0.25) is 5.92 Å². The number of aliphatic hydroxyl groups excluding tert-OH is 1. The first-order chi connectivity index (χ1) is 20.4. The van der Waals surface area contributed by atoms with Crippen LogP contribution in [0.4, 0.5) is 33.5 Å². The smallest absolute Gasteiger partial charge is 0.383 e. The molecule has 2 unspecified atom stereocenters. The van der Waals surface area contributed by atoms with Gasteiger partial charge in [0.1, 0.15) is 11.9 Å². The second-order valence-corrected chi connectivity index (χ2v) is 12.9. The molecular formula is C28H31F5N6O4S. The van der Waals surface area contributed by atoms with Gasteiger partial charge in [-0.2, -0.15) is 22.6 Å². The lowest BCUT2D eigenvalue weighted by molar-refractivity contribution is -0.140. The highest BCUT2D eigenvalue weighted by Gasteiger charge is 2.41. The second kappa shape index (κ2) is 12.2. The summed E-state index contributed by atoms with van der Waals surface area (Å²) in [7, 11) is -1.84. The third kappa shape index (κ3) is 7.23. The van der Waals surface area contributed by atoms with Crippen molar-refractivity contribution in [1.82, 2.24) is 14.8 Å². The van der Waals surface area contributed by atoms with E-state index in [2.05, 4.69) is 19.8 Å². The number of pyridine rings is 1. The van der Waals surface area contributed by atoms with Crippen LogP contribution in [0, 0.1) is 6.92 Å². The number of alkyl halides is 5. The number of aromatic nitrogens is 3. The van der Waals surface area contributed by atoms with Gasteiger partial charge < -0.3 is 15.3 Å². The Kier molecular flexibility index (Phi) is 9.17. The van der Waals surface area contributed by atoms with Crippen molar-refractivity contribution in [3.05, 3.63) is 53.5 Å². The Balaban J connectivity index is 1.87. The Labute approximate surface area is 250 Å². The van der Waals surface area contributed by atoms with Gasteiger partial charge in [0.15, 0.2) is 5.69 Å². The van der Waals surface area contributed by atoms with Crippen molar-refractivity contribution in [2.75, 3.05) is 29.6 Å². The van der Waals surface area contributed by atoms with Gasteiger partial charge in [-0.1, -0.05) is 6.07 Å². The number of halogens is 5. The van der Waals surface area contributed by atoms with E-state index in [-0.39, 0.29) is 52.3 Å². The molecule has 1 aliphatic rings. The van der Waals surface area contributed by atoms with Gasteiger partial charge in [-0.25, -0.2) is 18.0 Å². The van der Waals surface area contributed by atoms with Crippen molar-refractivity contribution in [3.63, 3.8) is 0 Å². The Morgan fingerprint density at radius 1 is 1.20 bits per heavy atom. The van der Waals surface area contributed by atoms with Crippen molar-refractivity contribution in [1.29, 1.82) is 0 Å². The number of amides is 2. The molecule has 44 heavy (non-hydrogen) atoms. The molecule has 3 heterocycles. The molecule has 16 heteroatoms. The molecular weight excluding hydrogens is 611 g/mol. The maximum atomic E-state index is 14.4. The van der Waals surface area contributed by atoms with Crippen molar-refractivity contribution in [3.8, 4) is 11.1 Å². The Bertz CT molecular complexity index is 1710. The lowest BCUT2D eigenvalue weighted by Gasteiger charge is -2.27. The highest BCUT2D eigenvalue weighted by Crippen LogP contribution is 2.42. The summed E-state index contributed by atoms with van der Waals surface area (Å²) in [6.07, 6.45) is -3.87. The number of nitrogens with zero attached hydrogens (tertiary/aromatic N) is 5. The molecule has 0 bridgehead atoms. The van der Waals surface area contributed by atoms with E-state index < -0.39 is 64.1 Å². The number of aryl methyl sites for hydroxylation is 1. The highest BCUT2D eigenvalue weighted by atomic mass is 32.2. The summed E-state index contributed by atoms with van der Waals surface area (Å²) in [5.74, 6) is -5.32. The van der Waals surface area contributed by atoms with E-state index in [9.17, 15) is 40.9 Å². The van der Waals surface area contributed by atoms with Gasteiger partial charge in [-0.05, 0) is 44.0 Å². The minimum absolute atomic E-state index is 0.0394. The second-order valence-electron chi connectivity index (χ2n) is 10.6. The molecule has 1 fully saturated rings. The average Bonchev–Trinajstić information content (AvgIpc) is 3.25. The van der Waals surface area contributed by atoms with Crippen molar-refractivity contribution < 1.29 is 40.9 Å². The number of benzene rings is 1. The van der Waals surface area contributed by atoms with Crippen LogP contribution in [0.15, 0.2) is 45.9 Å². The van der Waals surface area contributed by atoms with Gasteiger partial charge >= 0.3 is 6.18 Å². The zero-order chi connectivity index (χ0) is 32.6. The first kappa shape index (κ1) is 33.0. The Morgan fingerprint density at radius 3 is 2.52 bits per heavy atom. The number of anilines is 2. The maximum absolute atomic E-state index is 14.4. The van der Waals surface area contributed by atoms with Crippen LogP contribution >= 0.6 is 0 Å². The first-order valence-corrected chi connectivity index (χ1v) is 15.4. The summed E-state index contributed by atoms with van der Waals surface area (Å²) in [5, 5.41) is 16.0. The third-order valence-corrected chi connectivity index (χ3v) is 8.74. The van der Waals surface area contributed by atoms with Crippen molar-refractivity contribution >= 4 is 33.0 Å². The summed E-state index contributed by atoms with van der Waals surface area (Å²) in [6.45, 7) is 2.09. The minimum Gasteiger partial charge on any atom is -0.383 e. The highest BCUT2D eigenvalue weighted by molar-refractivity contribution is 7.93. The van der Waals surface area contributed by atoms with E-state index in [1.54, 1.807) is 0 Å². The first-order valence-electron chi connectivity index (χ1n) is 13.5. The van der Waals surface area contributed by atoms with E-state index in [1.165, 1.54) is 73.4 Å². The van der Waals surface area contributed by atoms with Gasteiger partial charge in [-0.3, -0.25) is 14.3 Å². The topological polar surface area (TPSA) is 130 Å². The van der Waals surface area contributed by atoms with Crippen LogP contribution in [0.3, 0.4) is 0 Å². The summed E-state index contributed by atoms with van der Waals surface area (Å²) in [4.78, 5) is 31.0. The van der Waals surface area contributed by atoms with Crippen LogP contribution in [0.5, 0.6) is 0 Å². The fourth-order valence-corrected chi connectivity index (χ4v) is 6.15. The number of carbonyl (C=O) groups excluding carboxylic acids is 2. The molecule has 238 valence electrons. The van der Waals surface area contributed by atoms with Crippen molar-refractivity contribution in [2.45, 2.75) is 56.2 Å². The number of rotatable bonds is 6. The monoisotopic (exact) mass is 642 g/mol. The number of carbonyl (C=O) groups is 2. The molecule has 0 saturated carbocycles. The van der Waals surface area contributed by atoms with Crippen LogP contribution in [0.2, 0.25) is 0 Å².